The maximum absolute atomic E-state index is 12.8. The van der Waals surface area contributed by atoms with Crippen LogP contribution in [0.15, 0.2) is 9.93 Å². The van der Waals surface area contributed by atoms with Crippen LogP contribution in [0.3, 0.4) is 0 Å². The summed E-state index contributed by atoms with van der Waals surface area (Å²) >= 11 is 3.02. The molecule has 0 aromatic carbocycles. The van der Waals surface area contributed by atoms with E-state index in [1.807, 2.05) is 0 Å². The minimum absolute atomic E-state index is 0.206. The number of thioether (sulfide) groups is 2. The highest BCUT2D eigenvalue weighted by Crippen LogP contribution is 2.55. The number of β-lactam (4-membered cyclic amide) rings is 1. The van der Waals surface area contributed by atoms with Crippen LogP contribution in [0, 0.1) is 11.3 Å². The Morgan fingerprint density at radius 3 is 2.55 bits per heavy atom. The van der Waals surface area contributed by atoms with Gasteiger partial charge in [-0.2, -0.15) is 0 Å². The topological polar surface area (TPSA) is 105 Å². The molecular weight excluding hydrogens is 416 g/mol. The Balaban J connectivity index is 1.71. The largest absolute Gasteiger partial charge is 0.427 e. The molecule has 3 heterocycles. The van der Waals surface area contributed by atoms with E-state index in [0.717, 1.165) is 30.2 Å². The zero-order chi connectivity index (χ0) is 21.3. The number of piperidine rings is 1. The van der Waals surface area contributed by atoms with Gasteiger partial charge in [0.2, 0.25) is 12.7 Å². The summed E-state index contributed by atoms with van der Waals surface area (Å²) in [6.07, 6.45) is 1.15. The molecule has 2 saturated heterocycles. The van der Waals surface area contributed by atoms with E-state index in [2.05, 4.69) is 5.32 Å². The lowest BCUT2D eigenvalue weighted by molar-refractivity contribution is -0.174. The minimum Gasteiger partial charge on any atom is -0.427 e. The third-order valence-corrected chi connectivity index (χ3v) is 7.95. The minimum atomic E-state index is -0.788. The number of carbonyl (C=O) groups excluding carboxylic acids is 3. The molecule has 162 valence electrons. The van der Waals surface area contributed by atoms with Crippen molar-refractivity contribution in [3.05, 3.63) is 9.93 Å². The monoisotopic (exact) mass is 444 g/mol. The van der Waals surface area contributed by atoms with Crippen molar-refractivity contribution < 1.29 is 29.0 Å². The third kappa shape index (κ3) is 4.76. The molecule has 0 spiro atoms. The Labute approximate surface area is 179 Å². The van der Waals surface area contributed by atoms with Gasteiger partial charge in [0.25, 0.3) is 0 Å². The van der Waals surface area contributed by atoms with Crippen molar-refractivity contribution in [1.29, 1.82) is 0 Å². The van der Waals surface area contributed by atoms with Crippen LogP contribution in [-0.2, 0) is 23.9 Å². The average molecular weight is 445 g/mol. The predicted octanol–water partition coefficient (Wildman–Crippen LogP) is 1.64. The fraction of sp³-hybridized carbons (Fsp3) is 0.737. The molecule has 2 unspecified atom stereocenters. The van der Waals surface area contributed by atoms with Crippen LogP contribution < -0.4 is 5.32 Å². The van der Waals surface area contributed by atoms with Gasteiger partial charge < -0.3 is 19.9 Å². The number of nitrogens with one attached hydrogen (secondary N) is 1. The number of carbonyl (C=O) groups is 3. The summed E-state index contributed by atoms with van der Waals surface area (Å²) < 4.78 is 10.9. The van der Waals surface area contributed by atoms with Crippen LogP contribution in [0.5, 0.6) is 0 Å². The zero-order valence-electron chi connectivity index (χ0n) is 17.1. The van der Waals surface area contributed by atoms with Crippen molar-refractivity contribution in [3.8, 4) is 0 Å². The molecule has 0 aromatic rings. The highest BCUT2D eigenvalue weighted by molar-refractivity contribution is 8.23. The van der Waals surface area contributed by atoms with Crippen molar-refractivity contribution in [2.24, 2.45) is 11.3 Å². The van der Waals surface area contributed by atoms with Crippen molar-refractivity contribution in [3.63, 3.8) is 0 Å². The molecule has 29 heavy (non-hydrogen) atoms. The summed E-state index contributed by atoms with van der Waals surface area (Å²) in [5, 5.41) is 13.3. The van der Waals surface area contributed by atoms with Crippen LogP contribution >= 0.6 is 23.5 Å². The van der Waals surface area contributed by atoms with Crippen LogP contribution in [0.2, 0.25) is 0 Å². The molecule has 0 saturated carbocycles. The van der Waals surface area contributed by atoms with Crippen molar-refractivity contribution in [2.75, 3.05) is 19.9 Å². The number of fused-ring (bicyclic) bond motifs is 1. The Hall–Kier alpha value is -1.23. The molecule has 0 aromatic heterocycles. The summed E-state index contributed by atoms with van der Waals surface area (Å²) in [5.41, 5.74) is -0.495. The van der Waals surface area contributed by atoms with Gasteiger partial charge in [0.05, 0.1) is 21.7 Å². The number of ether oxygens (including phenoxy) is 2. The number of hydrogen-bond donors (Lipinski definition) is 2. The standard InChI is InChI=1S/C19H28N2O6S2/c1-10(22)12-14(23)21-13(16(24)26-9-27-18(25)19(2,3)4)17(29-15(12)21)28-11-5-7-20-8-6-11/h10-12,15,20,22H,5-9H2,1-4H3/t10?,12?,15-/m1/s1. The molecule has 3 aliphatic rings. The van der Waals surface area contributed by atoms with Gasteiger partial charge in [-0.05, 0) is 53.6 Å². The van der Waals surface area contributed by atoms with E-state index >= 15 is 0 Å². The Kier molecular flexibility index (Phi) is 6.87. The normalized spacial score (nSPS) is 26.1. The SMILES string of the molecule is CC(O)C1C(=O)N2C(C(=O)OCOC(=O)C(C)(C)C)=C(SC3CCNCC3)S[C@H]12. The number of nitrogens with zero attached hydrogens (tertiary/aromatic N) is 1. The first-order valence-corrected chi connectivity index (χ1v) is 11.5. The second-order valence-corrected chi connectivity index (χ2v) is 11.1. The molecule has 0 aliphatic carbocycles. The highest BCUT2D eigenvalue weighted by Gasteiger charge is 2.58. The van der Waals surface area contributed by atoms with Gasteiger partial charge in [-0.3, -0.25) is 14.5 Å². The molecule has 10 heteroatoms. The van der Waals surface area contributed by atoms with Gasteiger partial charge in [-0.25, -0.2) is 4.79 Å². The van der Waals surface area contributed by atoms with E-state index in [1.165, 1.54) is 16.7 Å². The van der Waals surface area contributed by atoms with E-state index in [4.69, 9.17) is 9.47 Å². The Bertz CT molecular complexity index is 712. The number of aliphatic hydroxyl groups is 1. The van der Waals surface area contributed by atoms with E-state index in [0.29, 0.717) is 5.25 Å². The van der Waals surface area contributed by atoms with E-state index in [9.17, 15) is 19.5 Å². The van der Waals surface area contributed by atoms with Crippen LogP contribution in [0.1, 0.15) is 40.5 Å². The Morgan fingerprint density at radius 2 is 1.97 bits per heavy atom. The lowest BCUT2D eigenvalue weighted by atomic mass is 9.92. The number of hydrogen-bond acceptors (Lipinski definition) is 9. The summed E-state index contributed by atoms with van der Waals surface area (Å²) in [6, 6.07) is 0. The van der Waals surface area contributed by atoms with E-state index in [1.54, 1.807) is 39.5 Å². The fourth-order valence-corrected chi connectivity index (χ4v) is 6.62. The average Bonchev–Trinajstić information content (AvgIpc) is 2.95. The van der Waals surface area contributed by atoms with Gasteiger partial charge in [0.15, 0.2) is 5.70 Å². The predicted molar refractivity (Wildman–Crippen MR) is 110 cm³/mol. The van der Waals surface area contributed by atoms with Gasteiger partial charge in [-0.15, -0.1) is 11.8 Å². The van der Waals surface area contributed by atoms with Crippen LogP contribution in [0.4, 0.5) is 0 Å². The van der Waals surface area contributed by atoms with E-state index in [-0.39, 0.29) is 17.0 Å². The first-order valence-electron chi connectivity index (χ1n) is 9.75. The van der Waals surface area contributed by atoms with Gasteiger partial charge in [0, 0.05) is 5.25 Å². The zero-order valence-corrected chi connectivity index (χ0v) is 18.7. The number of aliphatic hydroxyl groups excluding tert-OH is 1. The van der Waals surface area contributed by atoms with Gasteiger partial charge in [0.1, 0.15) is 5.37 Å². The number of amides is 1. The maximum Gasteiger partial charge on any atom is 0.359 e. The number of esters is 2. The summed E-state index contributed by atoms with van der Waals surface area (Å²) in [5.74, 6) is -1.98. The second-order valence-electron chi connectivity index (χ2n) is 8.42. The van der Waals surface area contributed by atoms with Crippen molar-refractivity contribution in [1.82, 2.24) is 10.2 Å². The smallest absolute Gasteiger partial charge is 0.359 e. The lowest BCUT2D eigenvalue weighted by Gasteiger charge is -2.43. The highest BCUT2D eigenvalue weighted by atomic mass is 32.2. The molecule has 8 nitrogen and oxygen atoms in total. The van der Waals surface area contributed by atoms with Gasteiger partial charge in [-0.1, -0.05) is 11.8 Å². The molecule has 3 rings (SSSR count). The fourth-order valence-electron chi connectivity index (χ4n) is 3.31. The molecule has 1 amide bonds. The van der Waals surface area contributed by atoms with Crippen molar-refractivity contribution >= 4 is 41.4 Å². The molecule has 2 fully saturated rings. The first kappa shape index (κ1) is 22.5. The molecular formula is C19H28N2O6S2. The molecule has 0 bridgehead atoms. The lowest BCUT2D eigenvalue weighted by Crippen LogP contribution is -2.60. The third-order valence-electron chi connectivity index (χ3n) is 5.01. The molecule has 3 atom stereocenters. The van der Waals surface area contributed by atoms with Crippen LogP contribution in [0.25, 0.3) is 0 Å². The summed E-state index contributed by atoms with van der Waals surface area (Å²) in [4.78, 5) is 38.6. The summed E-state index contributed by atoms with van der Waals surface area (Å²) in [6.45, 7) is 8.05. The van der Waals surface area contributed by atoms with Crippen LogP contribution in [-0.4, -0.2) is 64.5 Å². The second kappa shape index (κ2) is 8.87. The summed E-state index contributed by atoms with van der Waals surface area (Å²) in [7, 11) is 0. The molecule has 2 N–H and O–H groups in total. The Morgan fingerprint density at radius 1 is 1.31 bits per heavy atom. The first-order chi connectivity index (χ1) is 13.6. The maximum atomic E-state index is 12.8. The van der Waals surface area contributed by atoms with Crippen molar-refractivity contribution in [2.45, 2.75) is 57.3 Å². The quantitative estimate of drug-likeness (QED) is 0.359. The molecule has 3 aliphatic heterocycles. The number of rotatable bonds is 6. The molecule has 0 radical (unpaired) electrons. The van der Waals surface area contributed by atoms with E-state index < -0.39 is 36.2 Å². The van der Waals surface area contributed by atoms with Gasteiger partial charge >= 0.3 is 11.9 Å².